The Morgan fingerprint density at radius 1 is 1.13 bits per heavy atom. The molecule has 0 saturated heterocycles. The fourth-order valence-electron chi connectivity index (χ4n) is 2.42. The van der Waals surface area contributed by atoms with E-state index in [1.54, 1.807) is 13.1 Å². The Labute approximate surface area is 135 Å². The second-order valence-electron chi connectivity index (χ2n) is 5.16. The van der Waals surface area contributed by atoms with Gasteiger partial charge in [-0.05, 0) is 11.6 Å². The van der Waals surface area contributed by atoms with Crippen LogP contribution in [0.15, 0.2) is 53.3 Å². The molecule has 1 unspecified atom stereocenters. The molecule has 1 atom stereocenters. The quantitative estimate of drug-likeness (QED) is 0.718. The molecule has 3 rings (SSSR count). The van der Waals surface area contributed by atoms with Crippen LogP contribution < -0.4 is 5.56 Å². The van der Waals surface area contributed by atoms with Crippen molar-refractivity contribution < 1.29 is 8.76 Å². The van der Waals surface area contributed by atoms with Crippen LogP contribution in [-0.2, 0) is 17.8 Å². The summed E-state index contributed by atoms with van der Waals surface area (Å²) in [5.74, 6) is 0. The minimum atomic E-state index is -1.99. The van der Waals surface area contributed by atoms with Crippen molar-refractivity contribution in [3.8, 4) is 11.3 Å². The van der Waals surface area contributed by atoms with Gasteiger partial charge in [0.05, 0.1) is 11.1 Å². The van der Waals surface area contributed by atoms with Gasteiger partial charge in [0.2, 0.25) is 11.3 Å². The summed E-state index contributed by atoms with van der Waals surface area (Å²) in [6.07, 6.45) is 0. The van der Waals surface area contributed by atoms with E-state index in [1.807, 2.05) is 42.5 Å². The van der Waals surface area contributed by atoms with Crippen molar-refractivity contribution in [3.05, 3.63) is 64.4 Å². The van der Waals surface area contributed by atoms with Crippen LogP contribution in [0.5, 0.6) is 0 Å². The number of hydrogen-bond acceptors (Lipinski definition) is 3. The zero-order valence-electron chi connectivity index (χ0n) is 12.4. The molecule has 0 aliphatic heterocycles. The molecular formula is C16H15N3O3S. The summed E-state index contributed by atoms with van der Waals surface area (Å²) in [6, 6.07) is 14.8. The summed E-state index contributed by atoms with van der Waals surface area (Å²) in [5, 5.41) is 8.06. The van der Waals surface area contributed by atoms with Gasteiger partial charge in [-0.2, -0.15) is 9.40 Å². The molecule has 0 amide bonds. The van der Waals surface area contributed by atoms with Gasteiger partial charge in [0.1, 0.15) is 0 Å². The number of fused-ring (bicyclic) bond motifs is 1. The Morgan fingerprint density at radius 3 is 2.43 bits per heavy atom. The lowest BCUT2D eigenvalue weighted by molar-refractivity contribution is 0.445. The van der Waals surface area contributed by atoms with Crippen LogP contribution in [0, 0.1) is 0 Å². The maximum atomic E-state index is 11.8. The van der Waals surface area contributed by atoms with Gasteiger partial charge < -0.3 is 0 Å². The van der Waals surface area contributed by atoms with Crippen LogP contribution in [0.1, 0.15) is 5.56 Å². The molecule has 1 heterocycles. The van der Waals surface area contributed by atoms with E-state index < -0.39 is 11.3 Å². The Bertz CT molecular complexity index is 922. The summed E-state index contributed by atoms with van der Waals surface area (Å²) in [6.45, 7) is 0.364. The van der Waals surface area contributed by atoms with Gasteiger partial charge in [0.25, 0.3) is 5.56 Å². The standard InChI is InChI=1S/C16H15N3O3S/c1-19(23(21)22)10-11-6-8-12(9-7-11)15-13-4-2-3-5-14(13)16(20)18-17-15/h2-9H,10H2,1H3,(H,18,20)(H,21,22). The number of nitrogens with one attached hydrogen (secondary N) is 1. The third-order valence-electron chi connectivity index (χ3n) is 3.60. The average Bonchev–Trinajstić information content (AvgIpc) is 2.56. The molecular weight excluding hydrogens is 314 g/mol. The number of benzene rings is 2. The van der Waals surface area contributed by atoms with E-state index >= 15 is 0 Å². The molecule has 0 aliphatic rings. The van der Waals surface area contributed by atoms with E-state index in [2.05, 4.69) is 10.2 Å². The molecule has 23 heavy (non-hydrogen) atoms. The van der Waals surface area contributed by atoms with E-state index in [1.165, 1.54) is 4.31 Å². The lowest BCUT2D eigenvalue weighted by atomic mass is 10.0. The maximum absolute atomic E-state index is 11.8. The van der Waals surface area contributed by atoms with Crippen molar-refractivity contribution in [2.24, 2.45) is 0 Å². The smallest absolute Gasteiger partial charge is 0.272 e. The lowest BCUT2D eigenvalue weighted by Crippen LogP contribution is -2.19. The number of aromatic nitrogens is 2. The zero-order chi connectivity index (χ0) is 16.4. The van der Waals surface area contributed by atoms with Crippen LogP contribution in [0.3, 0.4) is 0 Å². The van der Waals surface area contributed by atoms with Gasteiger partial charge in [-0.25, -0.2) is 9.31 Å². The Balaban J connectivity index is 1.99. The second-order valence-corrected chi connectivity index (χ2v) is 6.25. The van der Waals surface area contributed by atoms with Crippen molar-refractivity contribution in [2.75, 3.05) is 7.05 Å². The van der Waals surface area contributed by atoms with Crippen molar-refractivity contribution in [2.45, 2.75) is 6.54 Å². The third kappa shape index (κ3) is 3.21. The molecule has 118 valence electrons. The predicted molar refractivity (Wildman–Crippen MR) is 90.0 cm³/mol. The minimum Gasteiger partial charge on any atom is -0.294 e. The van der Waals surface area contributed by atoms with Crippen LogP contribution in [0.25, 0.3) is 22.0 Å². The topological polar surface area (TPSA) is 86.3 Å². The number of H-pyrrole nitrogens is 1. The minimum absolute atomic E-state index is 0.215. The van der Waals surface area contributed by atoms with E-state index in [9.17, 15) is 9.00 Å². The first kappa shape index (κ1) is 15.5. The van der Waals surface area contributed by atoms with E-state index in [4.69, 9.17) is 4.55 Å². The van der Waals surface area contributed by atoms with Gasteiger partial charge in [0, 0.05) is 24.5 Å². The lowest BCUT2D eigenvalue weighted by Gasteiger charge is -2.11. The monoisotopic (exact) mass is 329 g/mol. The van der Waals surface area contributed by atoms with Gasteiger partial charge in [-0.3, -0.25) is 9.35 Å². The average molecular weight is 329 g/mol. The molecule has 0 saturated carbocycles. The van der Waals surface area contributed by atoms with Crippen molar-refractivity contribution >= 4 is 22.0 Å². The van der Waals surface area contributed by atoms with E-state index in [0.717, 1.165) is 16.5 Å². The summed E-state index contributed by atoms with van der Waals surface area (Å²) in [4.78, 5) is 11.8. The highest BCUT2D eigenvalue weighted by molar-refractivity contribution is 7.76. The molecule has 2 aromatic carbocycles. The van der Waals surface area contributed by atoms with Gasteiger partial charge in [-0.15, -0.1) is 0 Å². The molecule has 0 radical (unpaired) electrons. The normalized spacial score (nSPS) is 12.7. The summed E-state index contributed by atoms with van der Waals surface area (Å²) in [7, 11) is 1.57. The fourth-order valence-corrected chi connectivity index (χ4v) is 2.67. The van der Waals surface area contributed by atoms with Gasteiger partial charge in [-0.1, -0.05) is 42.5 Å². The molecule has 1 aromatic heterocycles. The van der Waals surface area contributed by atoms with Crippen molar-refractivity contribution in [1.29, 1.82) is 0 Å². The summed E-state index contributed by atoms with van der Waals surface area (Å²) in [5.41, 5.74) is 2.26. The van der Waals surface area contributed by atoms with Crippen LogP contribution in [0.4, 0.5) is 0 Å². The highest BCUT2D eigenvalue weighted by atomic mass is 32.2. The summed E-state index contributed by atoms with van der Waals surface area (Å²) >= 11 is -1.99. The third-order valence-corrected chi connectivity index (χ3v) is 4.26. The van der Waals surface area contributed by atoms with Crippen LogP contribution in [-0.4, -0.2) is 30.3 Å². The Morgan fingerprint density at radius 2 is 1.78 bits per heavy atom. The SMILES string of the molecule is CN(Cc1ccc(-c2n[nH]c(=O)c3ccccc23)cc1)S(=O)O. The fraction of sp³-hybridized carbons (Fsp3) is 0.125. The first-order valence-corrected chi connectivity index (χ1v) is 8.01. The first-order chi connectivity index (χ1) is 11.1. The van der Waals surface area contributed by atoms with Crippen LogP contribution in [0.2, 0.25) is 0 Å². The summed E-state index contributed by atoms with van der Waals surface area (Å²) < 4.78 is 21.3. The number of aromatic amines is 1. The van der Waals surface area contributed by atoms with Crippen LogP contribution >= 0.6 is 0 Å². The molecule has 0 aliphatic carbocycles. The molecule has 7 heteroatoms. The van der Waals surface area contributed by atoms with E-state index in [0.29, 0.717) is 17.6 Å². The van der Waals surface area contributed by atoms with Gasteiger partial charge in [0.15, 0.2) is 0 Å². The zero-order valence-corrected chi connectivity index (χ0v) is 13.2. The highest BCUT2D eigenvalue weighted by Crippen LogP contribution is 2.24. The predicted octanol–water partition coefficient (Wildman–Crippen LogP) is 2.16. The second kappa shape index (κ2) is 6.41. The molecule has 3 aromatic rings. The first-order valence-electron chi connectivity index (χ1n) is 6.95. The van der Waals surface area contributed by atoms with Crippen molar-refractivity contribution in [1.82, 2.24) is 14.5 Å². The highest BCUT2D eigenvalue weighted by Gasteiger charge is 2.09. The molecule has 0 spiro atoms. The number of hydrogen-bond donors (Lipinski definition) is 2. The molecule has 0 bridgehead atoms. The molecule has 0 fully saturated rings. The molecule has 2 N–H and O–H groups in total. The maximum Gasteiger partial charge on any atom is 0.272 e. The largest absolute Gasteiger partial charge is 0.294 e. The molecule has 6 nitrogen and oxygen atoms in total. The number of rotatable bonds is 4. The Hall–Kier alpha value is -2.35. The van der Waals surface area contributed by atoms with Crippen molar-refractivity contribution in [3.63, 3.8) is 0 Å². The van der Waals surface area contributed by atoms with Gasteiger partial charge >= 0.3 is 0 Å². The van der Waals surface area contributed by atoms with E-state index in [-0.39, 0.29) is 5.56 Å². The Kier molecular flexibility index (Phi) is 4.33. The number of nitrogens with zero attached hydrogens (tertiary/aromatic N) is 2.